The summed E-state index contributed by atoms with van der Waals surface area (Å²) >= 11 is 2.87. The van der Waals surface area contributed by atoms with Crippen molar-refractivity contribution in [2.45, 2.75) is 25.9 Å². The number of hydrogen-bond donors (Lipinski definition) is 1. The Morgan fingerprint density at radius 3 is 2.76 bits per heavy atom. The van der Waals surface area contributed by atoms with Crippen LogP contribution >= 0.6 is 15.9 Å². The predicted molar refractivity (Wildman–Crippen MR) is 78.1 cm³/mol. The number of halogens is 4. The Hall–Kier alpha value is -1.24. The molecule has 0 aliphatic carbocycles. The number of urea groups is 1. The van der Waals surface area contributed by atoms with Gasteiger partial charge in [0.05, 0.1) is 5.56 Å². The molecule has 1 aliphatic rings. The van der Waals surface area contributed by atoms with E-state index in [0.717, 1.165) is 18.9 Å². The van der Waals surface area contributed by atoms with Crippen molar-refractivity contribution in [3.05, 3.63) is 28.2 Å². The van der Waals surface area contributed by atoms with Gasteiger partial charge >= 0.3 is 12.2 Å². The first-order valence-corrected chi connectivity index (χ1v) is 7.49. The minimum Gasteiger partial charge on any atom is -0.324 e. The molecule has 0 radical (unpaired) electrons. The Bertz CT molecular complexity index is 533. The number of alkyl halides is 3. The van der Waals surface area contributed by atoms with Gasteiger partial charge in [-0.25, -0.2) is 4.79 Å². The van der Waals surface area contributed by atoms with Crippen LogP contribution in [0.4, 0.5) is 23.7 Å². The van der Waals surface area contributed by atoms with E-state index in [1.807, 2.05) is 0 Å². The molecule has 0 bridgehead atoms. The molecule has 0 aromatic heterocycles. The number of likely N-dealkylation sites (tertiary alicyclic amines) is 1. The van der Waals surface area contributed by atoms with E-state index in [0.29, 0.717) is 19.0 Å². The fourth-order valence-corrected chi connectivity index (χ4v) is 2.87. The first-order chi connectivity index (χ1) is 9.77. The van der Waals surface area contributed by atoms with Crippen LogP contribution in [-0.2, 0) is 6.18 Å². The maximum atomic E-state index is 12.8. The van der Waals surface area contributed by atoms with E-state index in [-0.39, 0.29) is 16.2 Å². The molecular formula is C14H16BrF3N2O. The number of carbonyl (C=O) groups excluding carboxylic acids is 1. The molecule has 1 aromatic rings. The SMILES string of the molecule is CC1CCCN(C(=O)Nc2ccc(Br)c(C(F)(F)F)c2)C1. The van der Waals surface area contributed by atoms with E-state index < -0.39 is 11.7 Å². The monoisotopic (exact) mass is 364 g/mol. The fraction of sp³-hybridized carbons (Fsp3) is 0.500. The number of piperidine rings is 1. The Labute approximate surface area is 129 Å². The molecule has 1 atom stereocenters. The van der Waals surface area contributed by atoms with Crippen molar-refractivity contribution in [2.24, 2.45) is 5.92 Å². The lowest BCUT2D eigenvalue weighted by Crippen LogP contribution is -2.41. The van der Waals surface area contributed by atoms with Gasteiger partial charge in [0.25, 0.3) is 0 Å². The molecule has 2 amide bonds. The molecule has 1 N–H and O–H groups in total. The summed E-state index contributed by atoms with van der Waals surface area (Å²) < 4.78 is 38.4. The van der Waals surface area contributed by atoms with Crippen LogP contribution in [0.15, 0.2) is 22.7 Å². The van der Waals surface area contributed by atoms with Crippen LogP contribution in [0.1, 0.15) is 25.3 Å². The van der Waals surface area contributed by atoms with Gasteiger partial charge in [-0.3, -0.25) is 0 Å². The summed E-state index contributed by atoms with van der Waals surface area (Å²) in [5.41, 5.74) is -0.652. The Morgan fingerprint density at radius 2 is 2.14 bits per heavy atom. The van der Waals surface area contributed by atoms with Crippen LogP contribution < -0.4 is 5.32 Å². The zero-order chi connectivity index (χ0) is 15.6. The normalized spacial score (nSPS) is 19.5. The maximum Gasteiger partial charge on any atom is 0.417 e. The number of nitrogens with one attached hydrogen (secondary N) is 1. The molecule has 1 aliphatic heterocycles. The molecule has 1 saturated heterocycles. The van der Waals surface area contributed by atoms with E-state index in [2.05, 4.69) is 28.2 Å². The quantitative estimate of drug-likeness (QED) is 0.767. The highest BCUT2D eigenvalue weighted by atomic mass is 79.9. The van der Waals surface area contributed by atoms with Gasteiger partial charge in [-0.15, -0.1) is 0 Å². The van der Waals surface area contributed by atoms with Gasteiger partial charge in [0, 0.05) is 23.2 Å². The Balaban J connectivity index is 2.11. The smallest absolute Gasteiger partial charge is 0.324 e. The van der Waals surface area contributed by atoms with Gasteiger partial charge in [-0.1, -0.05) is 22.9 Å². The molecule has 2 rings (SSSR count). The number of nitrogens with zero attached hydrogens (tertiary/aromatic N) is 1. The highest BCUT2D eigenvalue weighted by molar-refractivity contribution is 9.10. The van der Waals surface area contributed by atoms with Crippen LogP contribution in [0.5, 0.6) is 0 Å². The molecule has 3 nitrogen and oxygen atoms in total. The van der Waals surface area contributed by atoms with Crippen LogP contribution in [-0.4, -0.2) is 24.0 Å². The van der Waals surface area contributed by atoms with E-state index in [1.165, 1.54) is 12.1 Å². The lowest BCUT2D eigenvalue weighted by molar-refractivity contribution is -0.138. The molecule has 1 heterocycles. The third-order valence-corrected chi connectivity index (χ3v) is 4.16. The molecule has 1 unspecified atom stereocenters. The molecule has 0 spiro atoms. The number of amides is 2. The highest BCUT2D eigenvalue weighted by Gasteiger charge is 2.33. The third kappa shape index (κ3) is 4.12. The number of benzene rings is 1. The van der Waals surface area contributed by atoms with Crippen LogP contribution in [0.25, 0.3) is 0 Å². The summed E-state index contributed by atoms with van der Waals surface area (Å²) in [6.07, 6.45) is -2.47. The minimum atomic E-state index is -4.46. The van der Waals surface area contributed by atoms with Crippen LogP contribution in [0.3, 0.4) is 0 Å². The Kier molecular flexibility index (Phi) is 4.81. The second kappa shape index (κ2) is 6.25. The van der Waals surface area contributed by atoms with E-state index in [9.17, 15) is 18.0 Å². The maximum absolute atomic E-state index is 12.8. The van der Waals surface area contributed by atoms with E-state index >= 15 is 0 Å². The minimum absolute atomic E-state index is 0.0420. The van der Waals surface area contributed by atoms with Gasteiger partial charge in [0.1, 0.15) is 0 Å². The standard InChI is InChI=1S/C14H16BrF3N2O/c1-9-3-2-6-20(8-9)13(21)19-10-4-5-12(15)11(7-10)14(16,17)18/h4-5,7,9H,2-3,6,8H2,1H3,(H,19,21). The average molecular weight is 365 g/mol. The number of anilines is 1. The summed E-state index contributed by atoms with van der Waals surface area (Å²) in [6.45, 7) is 3.33. The molecule has 0 saturated carbocycles. The van der Waals surface area contributed by atoms with Gasteiger partial charge in [0.2, 0.25) is 0 Å². The first kappa shape index (κ1) is 16.1. The van der Waals surface area contributed by atoms with Crippen molar-refractivity contribution in [3.63, 3.8) is 0 Å². The van der Waals surface area contributed by atoms with Crippen molar-refractivity contribution >= 4 is 27.6 Å². The zero-order valence-corrected chi connectivity index (χ0v) is 13.1. The fourth-order valence-electron chi connectivity index (χ4n) is 2.40. The van der Waals surface area contributed by atoms with Gasteiger partial charge in [-0.05, 0) is 37.0 Å². The average Bonchev–Trinajstić information content (AvgIpc) is 2.39. The van der Waals surface area contributed by atoms with Crippen molar-refractivity contribution < 1.29 is 18.0 Å². The molecule has 1 fully saturated rings. The molecule has 1 aromatic carbocycles. The number of carbonyl (C=O) groups is 1. The summed E-state index contributed by atoms with van der Waals surface area (Å²) in [5, 5.41) is 2.54. The van der Waals surface area contributed by atoms with Crippen LogP contribution in [0.2, 0.25) is 0 Å². The van der Waals surface area contributed by atoms with Gasteiger partial charge < -0.3 is 10.2 Å². The van der Waals surface area contributed by atoms with E-state index in [4.69, 9.17) is 0 Å². The molecule has 7 heteroatoms. The van der Waals surface area contributed by atoms with Gasteiger partial charge in [-0.2, -0.15) is 13.2 Å². The van der Waals surface area contributed by atoms with Gasteiger partial charge in [0.15, 0.2) is 0 Å². The highest BCUT2D eigenvalue weighted by Crippen LogP contribution is 2.36. The van der Waals surface area contributed by atoms with Crippen molar-refractivity contribution in [1.29, 1.82) is 0 Å². The van der Waals surface area contributed by atoms with Crippen molar-refractivity contribution in [2.75, 3.05) is 18.4 Å². The predicted octanol–water partition coefficient (Wildman–Crippen LogP) is 4.73. The van der Waals surface area contributed by atoms with E-state index in [1.54, 1.807) is 4.90 Å². The number of hydrogen-bond acceptors (Lipinski definition) is 1. The lowest BCUT2D eigenvalue weighted by atomic mass is 10.0. The molecule has 116 valence electrons. The van der Waals surface area contributed by atoms with Crippen LogP contribution in [0, 0.1) is 5.92 Å². The third-order valence-electron chi connectivity index (χ3n) is 3.47. The first-order valence-electron chi connectivity index (χ1n) is 6.70. The topological polar surface area (TPSA) is 32.3 Å². The number of rotatable bonds is 1. The molecule has 21 heavy (non-hydrogen) atoms. The Morgan fingerprint density at radius 1 is 1.43 bits per heavy atom. The lowest BCUT2D eigenvalue weighted by Gasteiger charge is -2.31. The summed E-state index contributed by atoms with van der Waals surface area (Å²) in [5.74, 6) is 0.417. The summed E-state index contributed by atoms with van der Waals surface area (Å²) in [7, 11) is 0. The largest absolute Gasteiger partial charge is 0.417 e. The summed E-state index contributed by atoms with van der Waals surface area (Å²) in [6, 6.07) is 3.33. The second-order valence-corrected chi connectivity index (χ2v) is 6.17. The molecular weight excluding hydrogens is 349 g/mol. The van der Waals surface area contributed by atoms with Crippen molar-refractivity contribution in [3.8, 4) is 0 Å². The zero-order valence-electron chi connectivity index (χ0n) is 11.5. The van der Waals surface area contributed by atoms with Crippen molar-refractivity contribution in [1.82, 2.24) is 4.90 Å². The second-order valence-electron chi connectivity index (χ2n) is 5.32. The summed E-state index contributed by atoms with van der Waals surface area (Å²) in [4.78, 5) is 13.7.